The van der Waals surface area contributed by atoms with E-state index in [9.17, 15) is 0 Å². The Hall–Kier alpha value is -0.410. The first-order valence-corrected chi connectivity index (χ1v) is 6.57. The molecule has 86 valence electrons. The van der Waals surface area contributed by atoms with Gasteiger partial charge in [0.05, 0.1) is 10.7 Å². The summed E-state index contributed by atoms with van der Waals surface area (Å²) in [7, 11) is 0. The second-order valence-corrected chi connectivity index (χ2v) is 5.75. The van der Waals surface area contributed by atoms with Crippen LogP contribution in [0.3, 0.4) is 0 Å². The van der Waals surface area contributed by atoms with E-state index in [1.54, 1.807) is 11.3 Å². The average Bonchev–Trinajstić information content (AvgIpc) is 2.60. The molecule has 0 bridgehead atoms. The molecule has 0 aliphatic rings. The van der Waals surface area contributed by atoms with Crippen molar-refractivity contribution < 1.29 is 0 Å². The number of rotatable bonds is 5. The zero-order chi connectivity index (χ0) is 11.3. The molecule has 1 aromatic heterocycles. The molecule has 0 aliphatic heterocycles. The third-order valence-corrected chi connectivity index (χ3v) is 3.49. The van der Waals surface area contributed by atoms with Gasteiger partial charge in [0.25, 0.3) is 0 Å². The lowest BCUT2D eigenvalue weighted by Gasteiger charge is -2.13. The summed E-state index contributed by atoms with van der Waals surface area (Å²) in [6.07, 6.45) is 2.25. The minimum absolute atomic E-state index is 0.194. The van der Waals surface area contributed by atoms with Gasteiger partial charge in [0.2, 0.25) is 0 Å². The minimum Gasteiger partial charge on any atom is -0.316 e. The third-order valence-electron chi connectivity index (χ3n) is 2.18. The quantitative estimate of drug-likeness (QED) is 0.781. The monoisotopic (exact) mass is 226 g/mol. The lowest BCUT2D eigenvalue weighted by molar-refractivity contribution is 0.581. The molecule has 0 saturated carbocycles. The van der Waals surface area contributed by atoms with E-state index in [1.165, 1.54) is 17.1 Å². The zero-order valence-corrected chi connectivity index (χ0v) is 11.1. The van der Waals surface area contributed by atoms with Gasteiger partial charge >= 0.3 is 0 Å². The molecule has 0 fully saturated rings. The Morgan fingerprint density at radius 3 is 2.60 bits per heavy atom. The van der Waals surface area contributed by atoms with E-state index in [0.717, 1.165) is 19.5 Å². The van der Waals surface area contributed by atoms with E-state index in [0.29, 0.717) is 0 Å². The number of hydrogen-bond donors (Lipinski definition) is 1. The summed E-state index contributed by atoms with van der Waals surface area (Å²) < 4.78 is 0. The number of nitrogens with zero attached hydrogens (tertiary/aromatic N) is 1. The highest BCUT2D eigenvalue weighted by Crippen LogP contribution is 2.25. The molecule has 0 unspecified atom stereocenters. The van der Waals surface area contributed by atoms with Gasteiger partial charge in [0.15, 0.2) is 0 Å². The van der Waals surface area contributed by atoms with Crippen LogP contribution < -0.4 is 5.32 Å². The van der Waals surface area contributed by atoms with Crippen LogP contribution >= 0.6 is 11.3 Å². The van der Waals surface area contributed by atoms with Crippen molar-refractivity contribution in [1.82, 2.24) is 10.3 Å². The summed E-state index contributed by atoms with van der Waals surface area (Å²) in [6.45, 7) is 11.0. The lowest BCUT2D eigenvalue weighted by Crippen LogP contribution is -2.18. The van der Waals surface area contributed by atoms with Crippen LogP contribution in [0.2, 0.25) is 0 Å². The maximum Gasteiger partial charge on any atom is 0.0981 e. The van der Waals surface area contributed by atoms with Gasteiger partial charge in [-0.05, 0) is 13.0 Å². The van der Waals surface area contributed by atoms with Gasteiger partial charge in [-0.25, -0.2) is 4.98 Å². The molecule has 0 aliphatic carbocycles. The van der Waals surface area contributed by atoms with Gasteiger partial charge in [-0.15, -0.1) is 11.3 Å². The molecule has 1 N–H and O–H groups in total. The van der Waals surface area contributed by atoms with Crippen LogP contribution in [0.25, 0.3) is 0 Å². The second-order valence-electron chi connectivity index (χ2n) is 4.89. The third kappa shape index (κ3) is 4.31. The molecule has 15 heavy (non-hydrogen) atoms. The molecule has 0 spiro atoms. The second kappa shape index (κ2) is 5.61. The standard InChI is InChI=1S/C12H22N2S/c1-5-7-13-8-6-10-9-15-11(14-10)12(2,3)4/h9,13H,5-8H2,1-4H3. The van der Waals surface area contributed by atoms with Gasteiger partial charge < -0.3 is 5.32 Å². The van der Waals surface area contributed by atoms with Gasteiger partial charge in [0, 0.05) is 23.8 Å². The summed E-state index contributed by atoms with van der Waals surface area (Å²) in [5.74, 6) is 0. The maximum atomic E-state index is 4.66. The smallest absolute Gasteiger partial charge is 0.0981 e. The summed E-state index contributed by atoms with van der Waals surface area (Å²) in [5.41, 5.74) is 1.42. The molecular weight excluding hydrogens is 204 g/mol. The number of thiazole rings is 1. The van der Waals surface area contributed by atoms with Gasteiger partial charge in [0.1, 0.15) is 0 Å². The molecule has 3 heteroatoms. The number of aromatic nitrogens is 1. The van der Waals surface area contributed by atoms with Gasteiger partial charge in [-0.2, -0.15) is 0 Å². The van der Waals surface area contributed by atoms with Crippen molar-refractivity contribution in [3.05, 3.63) is 16.1 Å². The molecule has 0 aromatic carbocycles. The Labute approximate surface area is 97.1 Å². The van der Waals surface area contributed by atoms with Crippen LogP contribution in [0.15, 0.2) is 5.38 Å². The molecule has 1 heterocycles. The SMILES string of the molecule is CCCNCCc1csc(C(C)(C)C)n1. The van der Waals surface area contributed by atoms with E-state index in [4.69, 9.17) is 0 Å². The zero-order valence-electron chi connectivity index (χ0n) is 10.3. The normalized spacial score (nSPS) is 12.0. The largest absolute Gasteiger partial charge is 0.316 e. The van der Waals surface area contributed by atoms with Crippen molar-refractivity contribution in [2.45, 2.75) is 46.0 Å². The van der Waals surface area contributed by atoms with Crippen molar-refractivity contribution in [3.8, 4) is 0 Å². The number of hydrogen-bond acceptors (Lipinski definition) is 3. The van der Waals surface area contributed by atoms with Gasteiger partial charge in [-0.1, -0.05) is 27.7 Å². The first-order valence-electron chi connectivity index (χ1n) is 5.69. The first-order chi connectivity index (χ1) is 7.04. The summed E-state index contributed by atoms with van der Waals surface area (Å²) in [6, 6.07) is 0. The molecule has 0 atom stereocenters. The van der Waals surface area contributed by atoms with E-state index in [2.05, 4.69) is 43.4 Å². The van der Waals surface area contributed by atoms with E-state index in [-0.39, 0.29) is 5.41 Å². The van der Waals surface area contributed by atoms with Crippen molar-refractivity contribution >= 4 is 11.3 Å². The lowest BCUT2D eigenvalue weighted by atomic mass is 9.98. The molecule has 0 radical (unpaired) electrons. The van der Waals surface area contributed by atoms with E-state index >= 15 is 0 Å². The summed E-state index contributed by atoms with van der Waals surface area (Å²) in [4.78, 5) is 4.66. The highest BCUT2D eigenvalue weighted by molar-refractivity contribution is 7.09. The van der Waals surface area contributed by atoms with Crippen LogP contribution in [-0.2, 0) is 11.8 Å². The van der Waals surface area contributed by atoms with Gasteiger partial charge in [-0.3, -0.25) is 0 Å². The predicted molar refractivity (Wildman–Crippen MR) is 67.7 cm³/mol. The molecular formula is C12H22N2S. The van der Waals surface area contributed by atoms with E-state index in [1.807, 2.05) is 0 Å². The Morgan fingerprint density at radius 1 is 1.33 bits per heavy atom. The van der Waals surface area contributed by atoms with E-state index < -0.39 is 0 Å². The Morgan fingerprint density at radius 2 is 2.07 bits per heavy atom. The van der Waals surface area contributed by atoms with Crippen molar-refractivity contribution in [3.63, 3.8) is 0 Å². The highest BCUT2D eigenvalue weighted by Gasteiger charge is 2.17. The minimum atomic E-state index is 0.194. The topological polar surface area (TPSA) is 24.9 Å². The molecule has 0 amide bonds. The van der Waals surface area contributed by atoms with Crippen LogP contribution in [0.1, 0.15) is 44.8 Å². The predicted octanol–water partition coefficient (Wildman–Crippen LogP) is 2.98. The van der Waals surface area contributed by atoms with Crippen LogP contribution in [0, 0.1) is 0 Å². The first kappa shape index (κ1) is 12.7. The molecule has 2 nitrogen and oxygen atoms in total. The fraction of sp³-hybridized carbons (Fsp3) is 0.750. The Balaban J connectivity index is 2.40. The number of nitrogens with one attached hydrogen (secondary N) is 1. The van der Waals surface area contributed by atoms with Crippen LogP contribution in [-0.4, -0.2) is 18.1 Å². The Bertz CT molecular complexity index is 286. The molecule has 1 aromatic rings. The summed E-state index contributed by atoms with van der Waals surface area (Å²) in [5, 5.41) is 6.83. The van der Waals surface area contributed by atoms with Crippen molar-refractivity contribution in [2.24, 2.45) is 0 Å². The molecule has 1 rings (SSSR count). The fourth-order valence-electron chi connectivity index (χ4n) is 1.28. The maximum absolute atomic E-state index is 4.66. The average molecular weight is 226 g/mol. The fourth-order valence-corrected chi connectivity index (χ4v) is 2.23. The highest BCUT2D eigenvalue weighted by atomic mass is 32.1. The molecule has 0 saturated heterocycles. The van der Waals surface area contributed by atoms with Crippen molar-refractivity contribution in [1.29, 1.82) is 0 Å². The van der Waals surface area contributed by atoms with Crippen LogP contribution in [0.5, 0.6) is 0 Å². The van der Waals surface area contributed by atoms with Crippen molar-refractivity contribution in [2.75, 3.05) is 13.1 Å². The Kier molecular flexibility index (Phi) is 4.74. The summed E-state index contributed by atoms with van der Waals surface area (Å²) >= 11 is 1.78. The van der Waals surface area contributed by atoms with Crippen LogP contribution in [0.4, 0.5) is 0 Å².